The molecule has 2 heterocycles. The summed E-state index contributed by atoms with van der Waals surface area (Å²) in [5.74, 6) is -4.17. The molecule has 0 aromatic heterocycles. The number of rotatable bonds is 7. The lowest BCUT2D eigenvalue weighted by atomic mass is 9.81. The van der Waals surface area contributed by atoms with Gasteiger partial charge in [0.15, 0.2) is 11.9 Å². The normalized spacial score (nSPS) is 41.5. The molecule has 0 aliphatic carbocycles. The largest absolute Gasteiger partial charge is 0.456 e. The Kier molecular flexibility index (Phi) is 12.4. The molecule has 5 N–H and O–H groups in total. The van der Waals surface area contributed by atoms with Crippen LogP contribution in [0.25, 0.3) is 0 Å². The zero-order valence-corrected chi connectivity index (χ0v) is 22.8. The Morgan fingerprint density at radius 1 is 1.08 bits per heavy atom. The molecule has 2 saturated heterocycles. The van der Waals surface area contributed by atoms with Crippen LogP contribution in [0.5, 0.6) is 0 Å². The minimum Gasteiger partial charge on any atom is -0.456 e. The van der Waals surface area contributed by atoms with Crippen LogP contribution in [-0.2, 0) is 28.5 Å². The van der Waals surface area contributed by atoms with E-state index in [-0.39, 0.29) is 38.2 Å². The molecule has 0 spiro atoms. The number of carbonyl (C=O) groups excluding carboxylic acids is 1. The summed E-state index contributed by atoms with van der Waals surface area (Å²) in [5.41, 5.74) is 0.671. The smallest absolute Gasteiger partial charge is 0.338 e. The summed E-state index contributed by atoms with van der Waals surface area (Å²) in [6, 6.07) is 0. The van der Waals surface area contributed by atoms with E-state index in [0.29, 0.717) is 12.0 Å². The molecule has 0 amide bonds. The second kappa shape index (κ2) is 14.3. The highest BCUT2D eigenvalue weighted by atomic mass is 16.7. The van der Waals surface area contributed by atoms with Gasteiger partial charge < -0.3 is 49.2 Å². The van der Waals surface area contributed by atoms with Gasteiger partial charge in [0.05, 0.1) is 30.5 Å². The lowest BCUT2D eigenvalue weighted by Crippen LogP contribution is -2.64. The number of ether oxygens (including phenoxy) is 5. The third-order valence-corrected chi connectivity index (χ3v) is 7.89. The van der Waals surface area contributed by atoms with E-state index in [1.807, 2.05) is 13.0 Å². The number of carbonyl (C=O) groups is 1. The molecule has 2 bridgehead atoms. The highest BCUT2D eigenvalue weighted by molar-refractivity contribution is 5.75. The number of aliphatic hydroxyl groups is 5. The van der Waals surface area contributed by atoms with E-state index < -0.39 is 66.5 Å². The highest BCUT2D eigenvalue weighted by Crippen LogP contribution is 2.39. The summed E-state index contributed by atoms with van der Waals surface area (Å²) in [4.78, 5) is 13.0. The predicted molar refractivity (Wildman–Crippen MR) is 132 cm³/mol. The minimum atomic E-state index is -2.17. The zero-order chi connectivity index (χ0) is 27.9. The van der Waals surface area contributed by atoms with E-state index in [0.717, 1.165) is 0 Å². The molecule has 0 aromatic rings. The van der Waals surface area contributed by atoms with Gasteiger partial charge in [0.1, 0.15) is 12.2 Å². The monoisotopic (exact) mass is 534 g/mol. The first-order valence-corrected chi connectivity index (χ1v) is 13.0. The number of fused-ring (bicyclic) bond motifs is 2. The van der Waals surface area contributed by atoms with Crippen molar-refractivity contribution in [1.82, 2.24) is 0 Å². The van der Waals surface area contributed by atoms with Crippen LogP contribution in [0.4, 0.5) is 0 Å². The van der Waals surface area contributed by atoms with Crippen LogP contribution in [0.3, 0.4) is 0 Å². The second-order valence-electron chi connectivity index (χ2n) is 10.3. The third kappa shape index (κ3) is 7.71. The standard InChI is InChI=1S/C26H46O11/c1-7-16(13-27)8-14(2)20-10-17(33-4)9-19(28)15(3)26(32)24(30)22(35-6)12-18(37-26)11-21(34-5)23(29)25(31)36-20/h8,15-24,27-30,32H,7,9-13H2,1-6H3/b14-8-/t15-,16-,17+,18+,19+,20+,21-,22-,23+,24-,26-/m1/s1. The molecule has 2 fully saturated rings. The van der Waals surface area contributed by atoms with Gasteiger partial charge in [0.2, 0.25) is 0 Å². The number of hydrogen-bond donors (Lipinski definition) is 5. The average molecular weight is 535 g/mol. The van der Waals surface area contributed by atoms with Gasteiger partial charge in [-0.15, -0.1) is 0 Å². The predicted octanol–water partition coefficient (Wildman–Crippen LogP) is 0.288. The maximum absolute atomic E-state index is 13.0. The van der Waals surface area contributed by atoms with E-state index in [1.54, 1.807) is 13.8 Å². The Bertz CT molecular complexity index is 742. The number of aliphatic hydroxyl groups excluding tert-OH is 4. The maximum atomic E-state index is 13.0. The minimum absolute atomic E-state index is 0.00687. The van der Waals surface area contributed by atoms with Crippen molar-refractivity contribution in [2.75, 3.05) is 27.9 Å². The molecular weight excluding hydrogens is 488 g/mol. The number of methoxy groups -OCH3 is 3. The molecule has 216 valence electrons. The lowest BCUT2D eigenvalue weighted by molar-refractivity contribution is -0.355. The van der Waals surface area contributed by atoms with Gasteiger partial charge in [-0.3, -0.25) is 0 Å². The van der Waals surface area contributed by atoms with E-state index in [4.69, 9.17) is 23.7 Å². The molecule has 0 unspecified atom stereocenters. The van der Waals surface area contributed by atoms with Gasteiger partial charge in [0, 0.05) is 65.5 Å². The first kappa shape index (κ1) is 32.1. The molecule has 37 heavy (non-hydrogen) atoms. The lowest BCUT2D eigenvalue weighted by Gasteiger charge is -2.49. The molecule has 11 atom stereocenters. The quantitative estimate of drug-likeness (QED) is 0.225. The van der Waals surface area contributed by atoms with Gasteiger partial charge >= 0.3 is 5.97 Å². The van der Waals surface area contributed by atoms with Gasteiger partial charge in [-0.05, 0) is 18.9 Å². The van der Waals surface area contributed by atoms with E-state index in [1.165, 1.54) is 21.3 Å². The van der Waals surface area contributed by atoms with Crippen LogP contribution < -0.4 is 0 Å². The third-order valence-electron chi connectivity index (χ3n) is 7.89. The molecule has 2 rings (SSSR count). The first-order valence-electron chi connectivity index (χ1n) is 13.0. The molecule has 0 aromatic carbocycles. The summed E-state index contributed by atoms with van der Waals surface area (Å²) in [5, 5.41) is 53.9. The van der Waals surface area contributed by atoms with Gasteiger partial charge in [-0.2, -0.15) is 0 Å². The SMILES string of the molecule is CC[C@H](/C=C(/C)[C@@H]1C[C@@H](OC)C[C@H](O)[C@@H](C)[C@@]2(O)O[C@@H](C[C@@H](OC)[C@H](O)C(=O)O1)C[C@@H](OC)[C@H]2O)CO. The Labute approximate surface area is 219 Å². The van der Waals surface area contributed by atoms with Crippen LogP contribution in [-0.4, -0.2) is 114 Å². The van der Waals surface area contributed by atoms with Crippen molar-refractivity contribution in [3.63, 3.8) is 0 Å². The van der Waals surface area contributed by atoms with Crippen molar-refractivity contribution in [3.8, 4) is 0 Å². The van der Waals surface area contributed by atoms with Gasteiger partial charge in [0.25, 0.3) is 0 Å². The van der Waals surface area contributed by atoms with Crippen molar-refractivity contribution >= 4 is 5.97 Å². The number of esters is 1. The maximum Gasteiger partial charge on any atom is 0.338 e. The number of cyclic esters (lactones) is 1. The van der Waals surface area contributed by atoms with Crippen molar-refractivity contribution in [2.45, 2.75) is 107 Å². The van der Waals surface area contributed by atoms with E-state index in [9.17, 15) is 30.3 Å². The highest BCUT2D eigenvalue weighted by Gasteiger charge is 2.54. The van der Waals surface area contributed by atoms with Crippen molar-refractivity contribution in [3.05, 3.63) is 11.6 Å². The van der Waals surface area contributed by atoms with E-state index in [2.05, 4.69) is 0 Å². The van der Waals surface area contributed by atoms with Crippen molar-refractivity contribution in [1.29, 1.82) is 0 Å². The molecular formula is C26H46O11. The topological polar surface area (TPSA) is 164 Å². The van der Waals surface area contributed by atoms with Crippen molar-refractivity contribution in [2.24, 2.45) is 11.8 Å². The summed E-state index contributed by atoms with van der Waals surface area (Å²) in [6.45, 7) is 5.20. The Hall–Kier alpha value is -1.15. The average Bonchev–Trinajstić information content (AvgIpc) is 2.89. The van der Waals surface area contributed by atoms with Crippen LogP contribution in [0.1, 0.15) is 52.9 Å². The Morgan fingerprint density at radius 3 is 2.24 bits per heavy atom. The molecule has 11 nitrogen and oxygen atoms in total. The fourth-order valence-electron chi connectivity index (χ4n) is 5.14. The Balaban J connectivity index is 2.49. The van der Waals surface area contributed by atoms with E-state index >= 15 is 0 Å². The van der Waals surface area contributed by atoms with Gasteiger partial charge in [-0.1, -0.05) is 19.9 Å². The first-order chi connectivity index (χ1) is 17.4. The van der Waals surface area contributed by atoms with Gasteiger partial charge in [-0.25, -0.2) is 4.79 Å². The fourth-order valence-corrected chi connectivity index (χ4v) is 5.14. The zero-order valence-electron chi connectivity index (χ0n) is 22.8. The summed E-state index contributed by atoms with van der Waals surface area (Å²) < 4.78 is 28.0. The molecule has 0 radical (unpaired) electrons. The molecule has 2 aliphatic rings. The summed E-state index contributed by atoms with van der Waals surface area (Å²) in [6.07, 6.45) is -5.48. The molecule has 11 heteroatoms. The van der Waals surface area contributed by atoms with Crippen LogP contribution >= 0.6 is 0 Å². The fraction of sp³-hybridized carbons (Fsp3) is 0.885. The second-order valence-corrected chi connectivity index (χ2v) is 10.3. The van der Waals surface area contributed by atoms with Crippen molar-refractivity contribution < 1.29 is 54.0 Å². The summed E-state index contributed by atoms with van der Waals surface area (Å²) in [7, 11) is 4.19. The van der Waals surface area contributed by atoms with Crippen LogP contribution in [0, 0.1) is 11.8 Å². The Morgan fingerprint density at radius 2 is 1.70 bits per heavy atom. The van der Waals surface area contributed by atoms with Crippen LogP contribution in [0.2, 0.25) is 0 Å². The number of hydrogen-bond acceptors (Lipinski definition) is 11. The molecule has 2 aliphatic heterocycles. The summed E-state index contributed by atoms with van der Waals surface area (Å²) >= 11 is 0. The molecule has 0 saturated carbocycles. The van der Waals surface area contributed by atoms with Crippen LogP contribution in [0.15, 0.2) is 11.6 Å².